The summed E-state index contributed by atoms with van der Waals surface area (Å²) in [6, 6.07) is 4.55. The van der Waals surface area contributed by atoms with E-state index in [2.05, 4.69) is 22.5 Å². The lowest BCUT2D eigenvalue weighted by atomic mass is 10.2. The number of aromatic nitrogens is 1. The Morgan fingerprint density at radius 1 is 1.18 bits per heavy atom. The van der Waals surface area contributed by atoms with Gasteiger partial charge < -0.3 is 20.3 Å². The van der Waals surface area contributed by atoms with Gasteiger partial charge in [-0.2, -0.15) is 0 Å². The van der Waals surface area contributed by atoms with Gasteiger partial charge in [0, 0.05) is 30.6 Å². The number of benzene rings is 1. The Balaban J connectivity index is 1.94. The number of rotatable bonds is 13. The molecule has 0 spiro atoms. The third-order valence-corrected chi connectivity index (χ3v) is 5.95. The van der Waals surface area contributed by atoms with Crippen molar-refractivity contribution in [2.45, 2.75) is 32.6 Å². The molecule has 1 aromatic carbocycles. The second kappa shape index (κ2) is 14.1. The zero-order valence-electron chi connectivity index (χ0n) is 18.7. The minimum atomic E-state index is -0.422. The molecule has 0 bridgehead atoms. The Morgan fingerprint density at radius 2 is 1.97 bits per heavy atom. The van der Waals surface area contributed by atoms with Crippen LogP contribution < -0.4 is 10.6 Å². The van der Waals surface area contributed by atoms with Crippen LogP contribution in [0.3, 0.4) is 0 Å². The highest BCUT2D eigenvalue weighted by molar-refractivity contribution is 7.13. The molecule has 0 saturated heterocycles. The SMILES string of the molecule is CCCCCNC(=O)Cc1csc(NC(=O)CN(CCOC)C(=O)c2ccc(Cl)cc2Cl)n1. The molecule has 11 heteroatoms. The lowest BCUT2D eigenvalue weighted by Crippen LogP contribution is -2.40. The molecule has 3 amide bonds. The van der Waals surface area contributed by atoms with Crippen LogP contribution >= 0.6 is 34.5 Å². The first kappa shape index (κ1) is 27.0. The number of carbonyl (C=O) groups is 3. The highest BCUT2D eigenvalue weighted by Crippen LogP contribution is 2.22. The lowest BCUT2D eigenvalue weighted by Gasteiger charge is -2.22. The van der Waals surface area contributed by atoms with Crippen molar-refractivity contribution in [1.29, 1.82) is 0 Å². The van der Waals surface area contributed by atoms with Crippen LogP contribution in [-0.2, 0) is 20.7 Å². The van der Waals surface area contributed by atoms with E-state index in [0.29, 0.717) is 22.4 Å². The molecule has 2 rings (SSSR count). The molecule has 2 N–H and O–H groups in total. The summed E-state index contributed by atoms with van der Waals surface area (Å²) in [5, 5.41) is 8.24. The fourth-order valence-corrected chi connectivity index (χ4v) is 4.11. The number of carbonyl (C=O) groups excluding carboxylic acids is 3. The van der Waals surface area contributed by atoms with Crippen molar-refractivity contribution in [1.82, 2.24) is 15.2 Å². The summed E-state index contributed by atoms with van der Waals surface area (Å²) in [7, 11) is 1.51. The van der Waals surface area contributed by atoms with Gasteiger partial charge in [-0.25, -0.2) is 4.98 Å². The normalized spacial score (nSPS) is 10.7. The van der Waals surface area contributed by atoms with Gasteiger partial charge in [0.1, 0.15) is 6.54 Å². The molecular formula is C22H28Cl2N4O4S. The molecule has 0 aliphatic carbocycles. The van der Waals surface area contributed by atoms with Crippen LogP contribution in [0, 0.1) is 0 Å². The fourth-order valence-electron chi connectivity index (χ4n) is 2.89. The van der Waals surface area contributed by atoms with Crippen LogP contribution in [0.1, 0.15) is 42.2 Å². The average Bonchev–Trinajstić information content (AvgIpc) is 3.20. The first-order valence-electron chi connectivity index (χ1n) is 10.6. The van der Waals surface area contributed by atoms with E-state index in [0.717, 1.165) is 19.3 Å². The van der Waals surface area contributed by atoms with E-state index in [4.69, 9.17) is 27.9 Å². The summed E-state index contributed by atoms with van der Waals surface area (Å²) in [4.78, 5) is 43.1. The van der Waals surface area contributed by atoms with Gasteiger partial charge in [-0.1, -0.05) is 43.0 Å². The van der Waals surface area contributed by atoms with Crippen molar-refractivity contribution in [3.63, 3.8) is 0 Å². The van der Waals surface area contributed by atoms with Gasteiger partial charge in [-0.05, 0) is 24.6 Å². The van der Waals surface area contributed by atoms with E-state index in [1.807, 2.05) is 0 Å². The number of unbranched alkanes of at least 4 members (excludes halogenated alkanes) is 2. The van der Waals surface area contributed by atoms with Crippen molar-refractivity contribution < 1.29 is 19.1 Å². The largest absolute Gasteiger partial charge is 0.383 e. The number of nitrogens with one attached hydrogen (secondary N) is 2. The molecule has 0 fully saturated rings. The molecule has 2 aromatic rings. The Labute approximate surface area is 207 Å². The quantitative estimate of drug-likeness (QED) is 0.393. The summed E-state index contributed by atoms with van der Waals surface area (Å²) >= 11 is 13.3. The maximum absolute atomic E-state index is 12.9. The van der Waals surface area contributed by atoms with E-state index in [-0.39, 0.29) is 42.6 Å². The lowest BCUT2D eigenvalue weighted by molar-refractivity contribution is -0.120. The minimum Gasteiger partial charge on any atom is -0.383 e. The maximum atomic E-state index is 12.9. The van der Waals surface area contributed by atoms with Gasteiger partial charge >= 0.3 is 0 Å². The van der Waals surface area contributed by atoms with Crippen molar-refractivity contribution >= 4 is 57.4 Å². The third-order valence-electron chi connectivity index (χ3n) is 4.59. The molecular weight excluding hydrogens is 487 g/mol. The number of ether oxygens (including phenoxy) is 1. The molecule has 1 heterocycles. The second-order valence-corrected chi connectivity index (χ2v) is 8.97. The number of amides is 3. The van der Waals surface area contributed by atoms with Gasteiger partial charge in [0.2, 0.25) is 11.8 Å². The molecule has 1 aromatic heterocycles. The highest BCUT2D eigenvalue weighted by atomic mass is 35.5. The molecule has 0 aliphatic rings. The molecule has 180 valence electrons. The van der Waals surface area contributed by atoms with Gasteiger partial charge in [-0.15, -0.1) is 11.3 Å². The van der Waals surface area contributed by atoms with Gasteiger partial charge in [0.15, 0.2) is 5.13 Å². The summed E-state index contributed by atoms with van der Waals surface area (Å²) < 4.78 is 5.06. The predicted octanol–water partition coefficient (Wildman–Crippen LogP) is 4.03. The van der Waals surface area contributed by atoms with Crippen LogP contribution in [0.15, 0.2) is 23.6 Å². The van der Waals surface area contributed by atoms with Crippen LogP contribution in [-0.4, -0.2) is 61.0 Å². The van der Waals surface area contributed by atoms with E-state index in [1.165, 1.54) is 35.5 Å². The molecule has 0 unspecified atom stereocenters. The zero-order chi connectivity index (χ0) is 24.2. The van der Waals surface area contributed by atoms with E-state index < -0.39 is 11.8 Å². The summed E-state index contributed by atoms with van der Waals surface area (Å²) in [5.41, 5.74) is 0.815. The van der Waals surface area contributed by atoms with Crippen LogP contribution in [0.2, 0.25) is 10.0 Å². The molecule has 8 nitrogen and oxygen atoms in total. The maximum Gasteiger partial charge on any atom is 0.255 e. The second-order valence-electron chi connectivity index (χ2n) is 7.27. The van der Waals surface area contributed by atoms with Crippen molar-refractivity contribution in [2.75, 3.05) is 38.7 Å². The molecule has 0 saturated carbocycles. The monoisotopic (exact) mass is 514 g/mol. The van der Waals surface area contributed by atoms with Crippen LogP contribution in [0.4, 0.5) is 5.13 Å². The van der Waals surface area contributed by atoms with Gasteiger partial charge in [0.05, 0.1) is 29.3 Å². The first-order valence-corrected chi connectivity index (χ1v) is 12.2. The minimum absolute atomic E-state index is 0.106. The molecule has 33 heavy (non-hydrogen) atoms. The number of hydrogen-bond donors (Lipinski definition) is 2. The Kier molecular flexibility index (Phi) is 11.6. The van der Waals surface area contributed by atoms with Crippen molar-refractivity contribution in [2.24, 2.45) is 0 Å². The van der Waals surface area contributed by atoms with E-state index in [1.54, 1.807) is 11.4 Å². The molecule has 0 atom stereocenters. The number of nitrogens with zero attached hydrogens (tertiary/aromatic N) is 2. The first-order chi connectivity index (χ1) is 15.8. The third kappa shape index (κ3) is 9.29. The number of thiazole rings is 1. The summed E-state index contributed by atoms with van der Waals surface area (Å²) in [5.74, 6) is -0.941. The average molecular weight is 515 g/mol. The Morgan fingerprint density at radius 3 is 2.67 bits per heavy atom. The Hall–Kier alpha value is -2.20. The molecule has 0 aliphatic heterocycles. The predicted molar refractivity (Wildman–Crippen MR) is 131 cm³/mol. The van der Waals surface area contributed by atoms with Crippen molar-refractivity contribution in [3.8, 4) is 0 Å². The summed E-state index contributed by atoms with van der Waals surface area (Å²) in [6.07, 6.45) is 3.25. The standard InChI is InChI=1S/C22H28Cl2N4O4S/c1-3-4-5-8-25-19(29)12-16-14-33-22(26-16)27-20(30)13-28(9-10-32-2)21(31)17-7-6-15(23)11-18(17)24/h6-7,11,14H,3-5,8-10,12-13H2,1-2H3,(H,25,29)(H,26,27,30). The Bertz CT molecular complexity index is 954. The fraction of sp³-hybridized carbons (Fsp3) is 0.455. The van der Waals surface area contributed by atoms with E-state index >= 15 is 0 Å². The number of methoxy groups -OCH3 is 1. The van der Waals surface area contributed by atoms with Crippen molar-refractivity contribution in [3.05, 3.63) is 44.9 Å². The topological polar surface area (TPSA) is 101 Å². The highest BCUT2D eigenvalue weighted by Gasteiger charge is 2.21. The van der Waals surface area contributed by atoms with E-state index in [9.17, 15) is 14.4 Å². The number of anilines is 1. The molecule has 0 radical (unpaired) electrons. The summed E-state index contributed by atoms with van der Waals surface area (Å²) in [6.45, 7) is 2.98. The van der Waals surface area contributed by atoms with Gasteiger partial charge in [-0.3, -0.25) is 14.4 Å². The smallest absolute Gasteiger partial charge is 0.255 e. The number of hydrogen-bond acceptors (Lipinski definition) is 6. The number of halogens is 2. The van der Waals surface area contributed by atoms with Crippen LogP contribution in [0.25, 0.3) is 0 Å². The zero-order valence-corrected chi connectivity index (χ0v) is 21.0. The van der Waals surface area contributed by atoms with Crippen LogP contribution in [0.5, 0.6) is 0 Å². The van der Waals surface area contributed by atoms with Gasteiger partial charge in [0.25, 0.3) is 5.91 Å².